The number of fused-ring (bicyclic) bond motifs is 1. The van der Waals surface area contributed by atoms with Gasteiger partial charge >= 0.3 is 0 Å². The van der Waals surface area contributed by atoms with E-state index < -0.39 is 5.91 Å². The van der Waals surface area contributed by atoms with Gasteiger partial charge in [0.2, 0.25) is 5.91 Å². The minimum Gasteiger partial charge on any atom is -0.494 e. The monoisotopic (exact) mass is 442 g/mol. The topological polar surface area (TPSA) is 113 Å². The Bertz CT molecular complexity index is 1090. The maximum Gasteiger partial charge on any atom is 0.274 e. The molecule has 1 aliphatic rings. The Kier molecular flexibility index (Phi) is 6.31. The number of nitrogens with one attached hydrogen (secondary N) is 2. The molecule has 9 nitrogen and oxygen atoms in total. The average molecular weight is 442 g/mol. The van der Waals surface area contributed by atoms with Gasteiger partial charge in [-0.15, -0.1) is 0 Å². The molecule has 3 N–H and O–H groups in total. The Morgan fingerprint density at radius 1 is 1.19 bits per heavy atom. The number of carbonyl (C=O) groups is 2. The van der Waals surface area contributed by atoms with Crippen molar-refractivity contribution in [3.05, 3.63) is 47.5 Å². The number of hydrogen-bond donors (Lipinski definition) is 3. The van der Waals surface area contributed by atoms with E-state index in [1.807, 2.05) is 12.1 Å². The number of thiazole rings is 1. The Morgan fingerprint density at radius 3 is 2.61 bits per heavy atom. The highest BCUT2D eigenvalue weighted by Gasteiger charge is 2.20. The number of methoxy groups -OCH3 is 1. The van der Waals surface area contributed by atoms with Crippen molar-refractivity contribution in [1.29, 1.82) is 0 Å². The number of carbonyl (C=O) groups excluding carboxylic acids is 2. The molecule has 2 aromatic carbocycles. The van der Waals surface area contributed by atoms with Crippen molar-refractivity contribution in [1.82, 2.24) is 10.5 Å². The van der Waals surface area contributed by atoms with Crippen molar-refractivity contribution >= 4 is 44.2 Å². The van der Waals surface area contributed by atoms with E-state index in [0.29, 0.717) is 35.2 Å². The van der Waals surface area contributed by atoms with Gasteiger partial charge in [-0.3, -0.25) is 14.8 Å². The van der Waals surface area contributed by atoms with Crippen molar-refractivity contribution < 1.29 is 24.3 Å². The molecule has 162 valence electrons. The lowest BCUT2D eigenvalue weighted by Gasteiger charge is -2.29. The number of hydroxylamine groups is 1. The number of ether oxygens (including phenoxy) is 2. The molecule has 31 heavy (non-hydrogen) atoms. The highest BCUT2D eigenvalue weighted by Crippen LogP contribution is 2.39. The number of morpholine rings is 1. The molecule has 2 heterocycles. The predicted octanol–water partition coefficient (Wildman–Crippen LogP) is 2.44. The first-order chi connectivity index (χ1) is 15.1. The van der Waals surface area contributed by atoms with Crippen LogP contribution in [0.1, 0.15) is 15.9 Å². The molecule has 0 saturated carbocycles. The van der Waals surface area contributed by atoms with Gasteiger partial charge in [-0.2, -0.15) is 0 Å². The summed E-state index contributed by atoms with van der Waals surface area (Å²) in [7, 11) is 1.60. The second-order valence-corrected chi connectivity index (χ2v) is 7.94. The fraction of sp³-hybridized carbons (Fsp3) is 0.286. The number of rotatable bonds is 6. The van der Waals surface area contributed by atoms with Crippen LogP contribution in [0.15, 0.2) is 36.4 Å². The summed E-state index contributed by atoms with van der Waals surface area (Å²) in [5.74, 6) is -0.165. The zero-order valence-electron chi connectivity index (χ0n) is 16.9. The molecule has 0 atom stereocenters. The first-order valence-electron chi connectivity index (χ1n) is 9.72. The predicted molar refractivity (Wildman–Crippen MR) is 117 cm³/mol. The molecule has 0 aliphatic carbocycles. The van der Waals surface area contributed by atoms with Crippen LogP contribution in [0.3, 0.4) is 0 Å². The maximum atomic E-state index is 12.6. The van der Waals surface area contributed by atoms with Gasteiger partial charge in [-0.1, -0.05) is 23.5 Å². The number of anilines is 2. The standard InChI is InChI=1S/C21H22N4O5S/c1-29-16-7-6-15(25-8-10-30-11-9-25)19-18(16)23-21(31-19)22-17(26)12-13-2-4-14(5-3-13)20(27)24-28/h2-7,28H,8-12H2,1H3,(H,24,27)(H,22,23,26). The van der Waals surface area contributed by atoms with E-state index in [1.165, 1.54) is 11.3 Å². The van der Waals surface area contributed by atoms with Gasteiger partial charge in [0.05, 0.1) is 37.1 Å². The summed E-state index contributed by atoms with van der Waals surface area (Å²) in [6, 6.07) is 10.3. The number of nitrogens with zero attached hydrogens (tertiary/aromatic N) is 2. The number of benzene rings is 2. The Balaban J connectivity index is 1.52. The molecule has 2 amide bonds. The summed E-state index contributed by atoms with van der Waals surface area (Å²) in [5, 5.41) is 12.0. The van der Waals surface area contributed by atoms with Crippen molar-refractivity contribution in [2.75, 3.05) is 43.6 Å². The molecule has 0 radical (unpaired) electrons. The Hall–Kier alpha value is -3.21. The highest BCUT2D eigenvalue weighted by atomic mass is 32.1. The lowest BCUT2D eigenvalue weighted by molar-refractivity contribution is -0.115. The number of amides is 2. The van der Waals surface area contributed by atoms with Crippen LogP contribution < -0.4 is 20.4 Å². The van der Waals surface area contributed by atoms with Gasteiger partial charge in [0.25, 0.3) is 5.91 Å². The van der Waals surface area contributed by atoms with E-state index in [9.17, 15) is 9.59 Å². The minimum atomic E-state index is -0.601. The second-order valence-electron chi connectivity index (χ2n) is 6.95. The van der Waals surface area contributed by atoms with Crippen LogP contribution in [-0.4, -0.2) is 55.4 Å². The van der Waals surface area contributed by atoms with Gasteiger partial charge in [0.15, 0.2) is 5.13 Å². The Morgan fingerprint density at radius 2 is 1.94 bits per heavy atom. The second kappa shape index (κ2) is 9.29. The van der Waals surface area contributed by atoms with Gasteiger partial charge in [-0.25, -0.2) is 10.5 Å². The van der Waals surface area contributed by atoms with Crippen molar-refractivity contribution in [3.8, 4) is 5.75 Å². The molecule has 0 unspecified atom stereocenters. The zero-order chi connectivity index (χ0) is 21.8. The lowest BCUT2D eigenvalue weighted by Crippen LogP contribution is -2.36. The van der Waals surface area contributed by atoms with Crippen molar-refractivity contribution in [2.24, 2.45) is 0 Å². The summed E-state index contributed by atoms with van der Waals surface area (Å²) in [6.45, 7) is 2.94. The molecule has 1 fully saturated rings. The van der Waals surface area contributed by atoms with Crippen LogP contribution in [0.4, 0.5) is 10.8 Å². The molecule has 1 aliphatic heterocycles. The van der Waals surface area contributed by atoms with E-state index in [-0.39, 0.29) is 12.3 Å². The maximum absolute atomic E-state index is 12.6. The van der Waals surface area contributed by atoms with Crippen LogP contribution in [0.25, 0.3) is 10.2 Å². The molecule has 3 aromatic rings. The minimum absolute atomic E-state index is 0.129. The average Bonchev–Trinajstić information content (AvgIpc) is 3.22. The smallest absolute Gasteiger partial charge is 0.274 e. The zero-order valence-corrected chi connectivity index (χ0v) is 17.7. The molecular formula is C21H22N4O5S. The van der Waals surface area contributed by atoms with E-state index in [1.54, 1.807) is 36.9 Å². The molecule has 1 saturated heterocycles. The van der Waals surface area contributed by atoms with Crippen molar-refractivity contribution in [2.45, 2.75) is 6.42 Å². The van der Waals surface area contributed by atoms with E-state index in [2.05, 4.69) is 15.2 Å². The van der Waals surface area contributed by atoms with Gasteiger partial charge in [0.1, 0.15) is 11.3 Å². The summed E-state index contributed by atoms with van der Waals surface area (Å²) in [6.07, 6.45) is 0.129. The van der Waals surface area contributed by atoms with E-state index >= 15 is 0 Å². The van der Waals surface area contributed by atoms with E-state index in [0.717, 1.165) is 29.0 Å². The van der Waals surface area contributed by atoms with Crippen LogP contribution in [0.2, 0.25) is 0 Å². The van der Waals surface area contributed by atoms with Gasteiger partial charge in [-0.05, 0) is 29.8 Å². The van der Waals surface area contributed by atoms with E-state index in [4.69, 9.17) is 14.7 Å². The molecule has 4 rings (SSSR count). The fourth-order valence-electron chi connectivity index (χ4n) is 3.43. The van der Waals surface area contributed by atoms with Crippen LogP contribution in [0.5, 0.6) is 5.75 Å². The molecular weight excluding hydrogens is 420 g/mol. The Labute approximate surface area is 182 Å². The molecule has 1 aromatic heterocycles. The number of aromatic nitrogens is 1. The third kappa shape index (κ3) is 4.61. The van der Waals surface area contributed by atoms with Crippen LogP contribution >= 0.6 is 11.3 Å². The molecule has 10 heteroatoms. The number of hydrogen-bond acceptors (Lipinski definition) is 8. The lowest BCUT2D eigenvalue weighted by atomic mass is 10.1. The SMILES string of the molecule is COc1ccc(N2CCOCC2)c2sc(NC(=O)Cc3ccc(C(=O)NO)cc3)nc12. The fourth-order valence-corrected chi connectivity index (χ4v) is 4.47. The third-order valence-electron chi connectivity index (χ3n) is 4.99. The first-order valence-corrected chi connectivity index (χ1v) is 10.5. The quantitative estimate of drug-likeness (QED) is 0.397. The van der Waals surface area contributed by atoms with Gasteiger partial charge in [0, 0.05) is 18.7 Å². The van der Waals surface area contributed by atoms with Crippen LogP contribution in [0, 0.1) is 0 Å². The summed E-state index contributed by atoms with van der Waals surface area (Å²) >= 11 is 1.41. The molecule has 0 bridgehead atoms. The molecule has 0 spiro atoms. The summed E-state index contributed by atoms with van der Waals surface area (Å²) in [5.41, 5.74) is 4.39. The highest BCUT2D eigenvalue weighted by molar-refractivity contribution is 7.23. The largest absolute Gasteiger partial charge is 0.494 e. The third-order valence-corrected chi connectivity index (χ3v) is 5.98. The normalized spacial score (nSPS) is 13.8. The summed E-state index contributed by atoms with van der Waals surface area (Å²) in [4.78, 5) is 30.8. The summed E-state index contributed by atoms with van der Waals surface area (Å²) < 4.78 is 11.9. The first kappa shape index (κ1) is 21.0. The van der Waals surface area contributed by atoms with Crippen molar-refractivity contribution in [3.63, 3.8) is 0 Å². The van der Waals surface area contributed by atoms with Gasteiger partial charge < -0.3 is 19.7 Å². The van der Waals surface area contributed by atoms with Crippen LogP contribution in [-0.2, 0) is 16.0 Å².